The summed E-state index contributed by atoms with van der Waals surface area (Å²) in [4.78, 5) is 4.08. The second-order valence-corrected chi connectivity index (χ2v) is 4.45. The van der Waals surface area contributed by atoms with Crippen LogP contribution in [0.4, 0.5) is 4.39 Å². The summed E-state index contributed by atoms with van der Waals surface area (Å²) in [6.45, 7) is 1.92. The van der Waals surface area contributed by atoms with Crippen molar-refractivity contribution in [1.82, 2.24) is 10.4 Å². The summed E-state index contributed by atoms with van der Waals surface area (Å²) in [5, 5.41) is 0.0772. The average molecular weight is 266 g/mol. The molecule has 0 amide bonds. The molecule has 1 aromatic carbocycles. The molecule has 5 heteroatoms. The molecule has 0 radical (unpaired) electrons. The van der Waals surface area contributed by atoms with E-state index >= 15 is 0 Å². The SMILES string of the molecule is Cc1cncc(C(NN)c2cccc(Cl)c2F)c1. The molecule has 3 N–H and O–H groups in total. The zero-order valence-corrected chi connectivity index (χ0v) is 10.6. The van der Waals surface area contributed by atoms with Crippen LogP contribution in [0.25, 0.3) is 0 Å². The Morgan fingerprint density at radius 2 is 2.17 bits per heavy atom. The molecule has 3 nitrogen and oxygen atoms in total. The fourth-order valence-corrected chi connectivity index (χ4v) is 2.03. The molecule has 1 aromatic heterocycles. The van der Waals surface area contributed by atoms with E-state index < -0.39 is 11.9 Å². The predicted molar refractivity (Wildman–Crippen MR) is 69.6 cm³/mol. The fraction of sp³-hybridized carbons (Fsp3) is 0.154. The van der Waals surface area contributed by atoms with Gasteiger partial charge < -0.3 is 0 Å². The third kappa shape index (κ3) is 2.51. The molecule has 2 rings (SSSR count). The lowest BCUT2D eigenvalue weighted by Crippen LogP contribution is -2.29. The van der Waals surface area contributed by atoms with E-state index in [1.807, 2.05) is 13.0 Å². The summed E-state index contributed by atoms with van der Waals surface area (Å²) in [5.74, 6) is 5.05. The summed E-state index contributed by atoms with van der Waals surface area (Å²) in [6.07, 6.45) is 3.38. The lowest BCUT2D eigenvalue weighted by molar-refractivity contribution is 0.559. The van der Waals surface area contributed by atoms with Crippen LogP contribution in [0.3, 0.4) is 0 Å². The van der Waals surface area contributed by atoms with Crippen molar-refractivity contribution in [3.8, 4) is 0 Å². The zero-order chi connectivity index (χ0) is 13.1. The number of pyridine rings is 1. The monoisotopic (exact) mass is 265 g/mol. The van der Waals surface area contributed by atoms with Gasteiger partial charge in [0.2, 0.25) is 0 Å². The van der Waals surface area contributed by atoms with E-state index in [9.17, 15) is 4.39 Å². The number of hydrazine groups is 1. The highest BCUT2D eigenvalue weighted by molar-refractivity contribution is 6.30. The van der Waals surface area contributed by atoms with Crippen LogP contribution in [-0.4, -0.2) is 4.98 Å². The largest absolute Gasteiger partial charge is 0.271 e. The molecule has 2 aromatic rings. The van der Waals surface area contributed by atoms with Crippen LogP contribution < -0.4 is 11.3 Å². The highest BCUT2D eigenvalue weighted by Gasteiger charge is 2.18. The van der Waals surface area contributed by atoms with E-state index in [1.165, 1.54) is 6.07 Å². The van der Waals surface area contributed by atoms with E-state index in [0.717, 1.165) is 11.1 Å². The van der Waals surface area contributed by atoms with Gasteiger partial charge in [-0.2, -0.15) is 0 Å². The summed E-state index contributed by atoms with van der Waals surface area (Å²) < 4.78 is 14.0. The molecule has 0 aliphatic carbocycles. The van der Waals surface area contributed by atoms with Gasteiger partial charge in [-0.25, -0.2) is 9.82 Å². The molecule has 94 valence electrons. The standard InChI is InChI=1S/C13H13ClFN3/c1-8-5-9(7-17-6-8)13(18-16)10-3-2-4-11(14)12(10)15/h2-7,13,18H,16H2,1H3. The van der Waals surface area contributed by atoms with E-state index in [4.69, 9.17) is 17.4 Å². The van der Waals surface area contributed by atoms with E-state index in [0.29, 0.717) is 5.56 Å². The van der Waals surface area contributed by atoms with E-state index in [2.05, 4.69) is 10.4 Å². The van der Waals surface area contributed by atoms with E-state index in [-0.39, 0.29) is 5.02 Å². The van der Waals surface area contributed by atoms with Gasteiger partial charge in [0.25, 0.3) is 0 Å². The summed E-state index contributed by atoms with van der Waals surface area (Å²) >= 11 is 5.77. The van der Waals surface area contributed by atoms with Gasteiger partial charge >= 0.3 is 0 Å². The number of nitrogens with zero attached hydrogens (tertiary/aromatic N) is 1. The Morgan fingerprint density at radius 3 is 2.83 bits per heavy atom. The first-order valence-electron chi connectivity index (χ1n) is 5.45. The van der Waals surface area contributed by atoms with Crippen LogP contribution in [0.1, 0.15) is 22.7 Å². The van der Waals surface area contributed by atoms with Gasteiger partial charge in [0, 0.05) is 18.0 Å². The molecule has 0 aliphatic rings. The van der Waals surface area contributed by atoms with Crippen LogP contribution in [0.5, 0.6) is 0 Å². The Balaban J connectivity index is 2.49. The van der Waals surface area contributed by atoms with Crippen molar-refractivity contribution >= 4 is 11.6 Å². The predicted octanol–water partition coefficient (Wildman–Crippen LogP) is 2.74. The molecular weight excluding hydrogens is 253 g/mol. The molecule has 1 heterocycles. The van der Waals surface area contributed by atoms with Gasteiger partial charge in [-0.1, -0.05) is 29.8 Å². The third-order valence-corrected chi connectivity index (χ3v) is 2.98. The normalized spacial score (nSPS) is 12.4. The Labute approximate surface area is 110 Å². The molecule has 1 atom stereocenters. The number of rotatable bonds is 3. The van der Waals surface area contributed by atoms with Crippen molar-refractivity contribution in [2.45, 2.75) is 13.0 Å². The Hall–Kier alpha value is -1.49. The quantitative estimate of drug-likeness (QED) is 0.663. The molecule has 0 aliphatic heterocycles. The molecule has 0 spiro atoms. The minimum atomic E-state index is -0.476. The van der Waals surface area contributed by atoms with Crippen molar-refractivity contribution in [2.24, 2.45) is 5.84 Å². The first-order valence-corrected chi connectivity index (χ1v) is 5.83. The van der Waals surface area contributed by atoms with Gasteiger partial charge in [0.15, 0.2) is 0 Å². The summed E-state index contributed by atoms with van der Waals surface area (Å²) in [7, 11) is 0. The number of benzene rings is 1. The number of nitrogens with one attached hydrogen (secondary N) is 1. The number of nitrogens with two attached hydrogens (primary N) is 1. The minimum Gasteiger partial charge on any atom is -0.271 e. The number of halogens is 2. The van der Waals surface area contributed by atoms with Crippen LogP contribution >= 0.6 is 11.6 Å². The second kappa shape index (κ2) is 5.44. The van der Waals surface area contributed by atoms with E-state index in [1.54, 1.807) is 24.5 Å². The molecule has 1 unspecified atom stereocenters. The first kappa shape index (κ1) is 13.0. The molecular formula is C13H13ClFN3. The minimum absolute atomic E-state index is 0.0772. The highest BCUT2D eigenvalue weighted by Crippen LogP contribution is 2.27. The van der Waals surface area contributed by atoms with Crippen molar-refractivity contribution in [3.05, 3.63) is 64.2 Å². The highest BCUT2D eigenvalue weighted by atomic mass is 35.5. The lowest BCUT2D eigenvalue weighted by atomic mass is 9.99. The topological polar surface area (TPSA) is 50.9 Å². The number of aromatic nitrogens is 1. The maximum atomic E-state index is 14.0. The Bertz CT molecular complexity index is 560. The van der Waals surface area contributed by atoms with Crippen molar-refractivity contribution in [2.75, 3.05) is 0 Å². The third-order valence-electron chi connectivity index (χ3n) is 2.69. The van der Waals surface area contributed by atoms with Gasteiger partial charge in [0.05, 0.1) is 11.1 Å². The summed E-state index contributed by atoms with van der Waals surface area (Å²) in [5.41, 5.74) is 4.76. The summed E-state index contributed by atoms with van der Waals surface area (Å²) in [6, 6.07) is 6.26. The smallest absolute Gasteiger partial charge is 0.146 e. The van der Waals surface area contributed by atoms with Crippen molar-refractivity contribution < 1.29 is 4.39 Å². The molecule has 0 saturated heterocycles. The van der Waals surface area contributed by atoms with Crippen molar-refractivity contribution in [1.29, 1.82) is 0 Å². The number of aryl methyl sites for hydroxylation is 1. The number of hydrogen-bond donors (Lipinski definition) is 2. The van der Waals surface area contributed by atoms with Crippen LogP contribution in [-0.2, 0) is 0 Å². The Kier molecular flexibility index (Phi) is 3.91. The van der Waals surface area contributed by atoms with Gasteiger partial charge in [-0.05, 0) is 24.1 Å². The van der Waals surface area contributed by atoms with Gasteiger partial charge in [-0.3, -0.25) is 10.8 Å². The van der Waals surface area contributed by atoms with Crippen LogP contribution in [0.15, 0.2) is 36.7 Å². The van der Waals surface area contributed by atoms with Gasteiger partial charge in [0.1, 0.15) is 5.82 Å². The zero-order valence-electron chi connectivity index (χ0n) is 9.82. The fourth-order valence-electron chi connectivity index (χ4n) is 1.85. The van der Waals surface area contributed by atoms with Crippen LogP contribution in [0, 0.1) is 12.7 Å². The number of hydrogen-bond acceptors (Lipinski definition) is 3. The maximum absolute atomic E-state index is 14.0. The average Bonchev–Trinajstić information content (AvgIpc) is 2.35. The van der Waals surface area contributed by atoms with Crippen molar-refractivity contribution in [3.63, 3.8) is 0 Å². The molecule has 0 bridgehead atoms. The first-order chi connectivity index (χ1) is 8.63. The molecule has 18 heavy (non-hydrogen) atoms. The Morgan fingerprint density at radius 1 is 1.39 bits per heavy atom. The maximum Gasteiger partial charge on any atom is 0.146 e. The lowest BCUT2D eigenvalue weighted by Gasteiger charge is -2.18. The molecule has 0 saturated carbocycles. The second-order valence-electron chi connectivity index (χ2n) is 4.04. The van der Waals surface area contributed by atoms with Crippen LogP contribution in [0.2, 0.25) is 5.02 Å². The molecule has 0 fully saturated rings. The van der Waals surface area contributed by atoms with Gasteiger partial charge in [-0.15, -0.1) is 0 Å².